The van der Waals surface area contributed by atoms with E-state index in [4.69, 9.17) is 4.74 Å². The van der Waals surface area contributed by atoms with Crippen molar-refractivity contribution in [3.8, 4) is 0 Å². The lowest BCUT2D eigenvalue weighted by atomic mass is 10.0. The molecule has 1 atom stereocenters. The molecule has 1 aliphatic rings. The summed E-state index contributed by atoms with van der Waals surface area (Å²) in [5.74, 6) is 0. The molecule has 0 aromatic heterocycles. The molecule has 0 aromatic rings. The highest BCUT2D eigenvalue weighted by Crippen LogP contribution is 2.20. The van der Waals surface area contributed by atoms with Crippen LogP contribution in [0.1, 0.15) is 13.8 Å². The van der Waals surface area contributed by atoms with Crippen LogP contribution in [-0.4, -0.2) is 23.1 Å². The summed E-state index contributed by atoms with van der Waals surface area (Å²) >= 11 is 3.26. The molecule has 0 spiro atoms. The van der Waals surface area contributed by atoms with E-state index in [1.807, 2.05) is 13.8 Å². The lowest BCUT2D eigenvalue weighted by Crippen LogP contribution is -2.42. The first-order chi connectivity index (χ1) is 4.56. The minimum absolute atomic E-state index is 0.0556. The van der Waals surface area contributed by atoms with E-state index >= 15 is 0 Å². The smallest absolute Gasteiger partial charge is 0.408 e. The molecule has 4 heteroatoms. The van der Waals surface area contributed by atoms with Crippen molar-refractivity contribution in [3.63, 3.8) is 0 Å². The van der Waals surface area contributed by atoms with E-state index in [9.17, 15) is 4.79 Å². The minimum atomic E-state index is -0.325. The average Bonchev–Trinajstić information content (AvgIpc) is 2.04. The number of amides is 1. The standard InChI is InChI=1S/C6H10BrNO2/c1-6(2)4(3-7)10-5(9)8-6/h4H,3H2,1-2H3,(H,8,9). The van der Waals surface area contributed by atoms with E-state index in [0.717, 1.165) is 0 Å². The molecule has 1 fully saturated rings. The Bertz CT molecular complexity index is 158. The molecule has 1 N–H and O–H groups in total. The van der Waals surface area contributed by atoms with E-state index in [2.05, 4.69) is 21.2 Å². The van der Waals surface area contributed by atoms with Gasteiger partial charge in [0.25, 0.3) is 0 Å². The van der Waals surface area contributed by atoms with Gasteiger partial charge in [0.1, 0.15) is 6.10 Å². The van der Waals surface area contributed by atoms with E-state index in [1.54, 1.807) is 0 Å². The van der Waals surface area contributed by atoms with Crippen LogP contribution in [0.3, 0.4) is 0 Å². The first-order valence-electron chi connectivity index (χ1n) is 3.11. The highest BCUT2D eigenvalue weighted by atomic mass is 79.9. The van der Waals surface area contributed by atoms with Crippen molar-refractivity contribution in [1.29, 1.82) is 0 Å². The second-order valence-electron chi connectivity index (χ2n) is 2.89. The van der Waals surface area contributed by atoms with Crippen LogP contribution >= 0.6 is 15.9 Å². The van der Waals surface area contributed by atoms with Crippen molar-refractivity contribution >= 4 is 22.0 Å². The van der Waals surface area contributed by atoms with Crippen molar-refractivity contribution in [1.82, 2.24) is 5.32 Å². The lowest BCUT2D eigenvalue weighted by Gasteiger charge is -2.20. The molecule has 0 radical (unpaired) electrons. The Morgan fingerprint density at radius 3 is 2.60 bits per heavy atom. The number of cyclic esters (lactones) is 1. The number of carbonyl (C=O) groups excluding carboxylic acids is 1. The Kier molecular flexibility index (Phi) is 1.90. The topological polar surface area (TPSA) is 38.3 Å². The SMILES string of the molecule is CC1(C)NC(=O)OC1CBr. The molecule has 1 aliphatic heterocycles. The molecule has 1 saturated heterocycles. The van der Waals surface area contributed by atoms with Crippen LogP contribution in [0, 0.1) is 0 Å². The summed E-state index contributed by atoms with van der Waals surface area (Å²) in [7, 11) is 0. The fourth-order valence-corrected chi connectivity index (χ4v) is 1.82. The first-order valence-corrected chi connectivity index (χ1v) is 4.23. The fraction of sp³-hybridized carbons (Fsp3) is 0.833. The molecular weight excluding hydrogens is 198 g/mol. The highest BCUT2D eigenvalue weighted by Gasteiger charge is 2.39. The summed E-state index contributed by atoms with van der Waals surface area (Å²) in [6.45, 7) is 3.87. The van der Waals surface area contributed by atoms with Gasteiger partial charge in [-0.25, -0.2) is 4.79 Å². The van der Waals surface area contributed by atoms with Crippen LogP contribution in [0.5, 0.6) is 0 Å². The second kappa shape index (κ2) is 2.42. The van der Waals surface area contributed by atoms with Crippen LogP contribution in [0.2, 0.25) is 0 Å². The number of nitrogens with one attached hydrogen (secondary N) is 1. The normalized spacial score (nSPS) is 29.5. The zero-order valence-corrected chi connectivity index (χ0v) is 7.56. The predicted molar refractivity (Wildman–Crippen MR) is 41.3 cm³/mol. The highest BCUT2D eigenvalue weighted by molar-refractivity contribution is 9.09. The first kappa shape index (κ1) is 7.85. The largest absolute Gasteiger partial charge is 0.443 e. The third-order valence-electron chi connectivity index (χ3n) is 1.62. The van der Waals surface area contributed by atoms with Gasteiger partial charge < -0.3 is 10.1 Å². The summed E-state index contributed by atoms with van der Waals surface area (Å²) in [5.41, 5.74) is -0.236. The Balaban J connectivity index is 2.67. The van der Waals surface area contributed by atoms with Crippen LogP contribution in [0.15, 0.2) is 0 Å². The quantitative estimate of drug-likeness (QED) is 0.659. The molecule has 0 bridgehead atoms. The number of rotatable bonds is 1. The number of ether oxygens (including phenoxy) is 1. The van der Waals surface area contributed by atoms with Gasteiger partial charge in [0.15, 0.2) is 0 Å². The van der Waals surface area contributed by atoms with Crippen LogP contribution in [-0.2, 0) is 4.74 Å². The molecule has 1 amide bonds. The van der Waals surface area contributed by atoms with Gasteiger partial charge in [-0.1, -0.05) is 15.9 Å². The van der Waals surface area contributed by atoms with Gasteiger partial charge in [-0.05, 0) is 13.8 Å². The van der Waals surface area contributed by atoms with Gasteiger partial charge in [-0.2, -0.15) is 0 Å². The van der Waals surface area contributed by atoms with Gasteiger partial charge in [-0.3, -0.25) is 0 Å². The van der Waals surface area contributed by atoms with Crippen molar-refractivity contribution < 1.29 is 9.53 Å². The molecule has 1 heterocycles. The molecule has 1 rings (SSSR count). The van der Waals surface area contributed by atoms with E-state index < -0.39 is 0 Å². The predicted octanol–water partition coefficient (Wildman–Crippen LogP) is 1.27. The molecule has 0 aromatic carbocycles. The fourth-order valence-electron chi connectivity index (χ4n) is 0.874. The summed E-state index contributed by atoms with van der Waals surface area (Å²) in [6, 6.07) is 0. The van der Waals surface area contributed by atoms with Crippen LogP contribution < -0.4 is 5.32 Å². The van der Waals surface area contributed by atoms with Gasteiger partial charge in [0.05, 0.1) is 5.54 Å². The number of alkyl halides is 1. The van der Waals surface area contributed by atoms with E-state index in [-0.39, 0.29) is 17.7 Å². The summed E-state index contributed by atoms with van der Waals surface area (Å²) < 4.78 is 4.93. The van der Waals surface area contributed by atoms with Gasteiger partial charge >= 0.3 is 6.09 Å². The average molecular weight is 208 g/mol. The molecule has 0 saturated carbocycles. The number of halogens is 1. The number of hydrogen-bond donors (Lipinski definition) is 1. The number of hydrogen-bond acceptors (Lipinski definition) is 2. The summed E-state index contributed by atoms with van der Waals surface area (Å²) in [6.07, 6.45) is -0.380. The molecule has 1 unspecified atom stereocenters. The maximum atomic E-state index is 10.7. The summed E-state index contributed by atoms with van der Waals surface area (Å²) in [5, 5.41) is 3.38. The van der Waals surface area contributed by atoms with Gasteiger partial charge in [-0.15, -0.1) is 0 Å². The minimum Gasteiger partial charge on any atom is -0.443 e. The second-order valence-corrected chi connectivity index (χ2v) is 3.54. The Morgan fingerprint density at radius 1 is 1.80 bits per heavy atom. The number of alkyl carbamates (subject to hydrolysis) is 1. The Morgan fingerprint density at radius 2 is 2.40 bits per heavy atom. The molecule has 58 valence electrons. The van der Waals surface area contributed by atoms with Crippen LogP contribution in [0.4, 0.5) is 4.79 Å². The molecular formula is C6H10BrNO2. The Labute approximate surface area is 68.3 Å². The zero-order chi connectivity index (χ0) is 7.78. The lowest BCUT2D eigenvalue weighted by molar-refractivity contribution is 0.132. The van der Waals surface area contributed by atoms with Crippen molar-refractivity contribution in [2.45, 2.75) is 25.5 Å². The van der Waals surface area contributed by atoms with E-state index in [1.165, 1.54) is 0 Å². The van der Waals surface area contributed by atoms with E-state index in [0.29, 0.717) is 5.33 Å². The van der Waals surface area contributed by atoms with Crippen molar-refractivity contribution in [2.75, 3.05) is 5.33 Å². The van der Waals surface area contributed by atoms with Crippen LogP contribution in [0.25, 0.3) is 0 Å². The van der Waals surface area contributed by atoms with Crippen molar-refractivity contribution in [3.05, 3.63) is 0 Å². The Hall–Kier alpha value is -0.250. The maximum Gasteiger partial charge on any atom is 0.408 e. The third-order valence-corrected chi connectivity index (χ3v) is 2.21. The molecule has 10 heavy (non-hydrogen) atoms. The zero-order valence-electron chi connectivity index (χ0n) is 5.98. The number of carbonyl (C=O) groups is 1. The van der Waals surface area contributed by atoms with Gasteiger partial charge in [0.2, 0.25) is 0 Å². The van der Waals surface area contributed by atoms with Gasteiger partial charge in [0, 0.05) is 5.33 Å². The van der Waals surface area contributed by atoms with Crippen molar-refractivity contribution in [2.24, 2.45) is 0 Å². The maximum absolute atomic E-state index is 10.7. The molecule has 3 nitrogen and oxygen atoms in total. The molecule has 0 aliphatic carbocycles. The monoisotopic (exact) mass is 207 g/mol. The third kappa shape index (κ3) is 1.26. The summed E-state index contributed by atoms with van der Waals surface area (Å²) in [4.78, 5) is 10.7.